The molecule has 1 N–H and O–H groups in total. The largest absolute Gasteiger partial charge is 0.349 e. The van der Waals surface area contributed by atoms with E-state index in [1.807, 2.05) is 38.1 Å². The normalized spacial score (nSPS) is 11.7. The summed E-state index contributed by atoms with van der Waals surface area (Å²) in [6, 6.07) is 14.1. The highest BCUT2D eigenvalue weighted by atomic mass is 16.6. The highest BCUT2D eigenvalue weighted by molar-refractivity contribution is 5.79. The van der Waals surface area contributed by atoms with Crippen LogP contribution in [0.2, 0.25) is 0 Å². The maximum absolute atomic E-state index is 12.2. The predicted octanol–water partition coefficient (Wildman–Crippen LogP) is 3.71. The van der Waals surface area contributed by atoms with Crippen molar-refractivity contribution in [2.24, 2.45) is 0 Å². The Hall–Kier alpha value is -2.69. The molecule has 0 unspecified atom stereocenters. The molecule has 0 radical (unpaired) electrons. The number of carbonyl (C=O) groups is 1. The first-order chi connectivity index (χ1) is 11.0. The minimum atomic E-state index is -0.450. The van der Waals surface area contributed by atoms with Crippen LogP contribution in [-0.4, -0.2) is 10.8 Å². The van der Waals surface area contributed by atoms with Crippen LogP contribution < -0.4 is 5.32 Å². The van der Waals surface area contributed by atoms with E-state index in [4.69, 9.17) is 0 Å². The Morgan fingerprint density at radius 1 is 1.13 bits per heavy atom. The zero-order chi connectivity index (χ0) is 16.8. The molecule has 0 aliphatic heterocycles. The van der Waals surface area contributed by atoms with Gasteiger partial charge in [0.2, 0.25) is 5.91 Å². The first-order valence-corrected chi connectivity index (χ1v) is 7.59. The van der Waals surface area contributed by atoms with E-state index in [-0.39, 0.29) is 24.1 Å². The van der Waals surface area contributed by atoms with Crippen LogP contribution in [0.3, 0.4) is 0 Å². The summed E-state index contributed by atoms with van der Waals surface area (Å²) in [5.41, 5.74) is 3.04. The van der Waals surface area contributed by atoms with E-state index in [0.29, 0.717) is 0 Å². The monoisotopic (exact) mass is 312 g/mol. The summed E-state index contributed by atoms with van der Waals surface area (Å²) < 4.78 is 0. The van der Waals surface area contributed by atoms with Gasteiger partial charge >= 0.3 is 0 Å². The number of non-ortho nitro benzene ring substituents is 1. The third-order valence-electron chi connectivity index (χ3n) is 3.74. The number of hydrogen-bond donors (Lipinski definition) is 1. The summed E-state index contributed by atoms with van der Waals surface area (Å²) >= 11 is 0. The number of nitro benzene ring substituents is 1. The lowest BCUT2D eigenvalue weighted by atomic mass is 10.0. The second kappa shape index (κ2) is 7.54. The summed E-state index contributed by atoms with van der Waals surface area (Å²) in [7, 11) is 0. The number of nitrogens with zero attached hydrogens (tertiary/aromatic N) is 1. The number of hydrogen-bond acceptors (Lipinski definition) is 3. The van der Waals surface area contributed by atoms with Gasteiger partial charge in [-0.2, -0.15) is 0 Å². The van der Waals surface area contributed by atoms with Crippen LogP contribution in [0.25, 0.3) is 0 Å². The predicted molar refractivity (Wildman–Crippen MR) is 89.2 cm³/mol. The van der Waals surface area contributed by atoms with Gasteiger partial charge in [0, 0.05) is 12.1 Å². The van der Waals surface area contributed by atoms with Crippen molar-refractivity contribution in [2.75, 3.05) is 0 Å². The van der Waals surface area contributed by atoms with Crippen molar-refractivity contribution in [3.05, 3.63) is 75.3 Å². The first-order valence-electron chi connectivity index (χ1n) is 7.59. The van der Waals surface area contributed by atoms with Gasteiger partial charge in [-0.1, -0.05) is 48.9 Å². The molecule has 5 nitrogen and oxygen atoms in total. The molecule has 2 aromatic rings. The van der Waals surface area contributed by atoms with E-state index in [1.54, 1.807) is 12.1 Å². The van der Waals surface area contributed by atoms with E-state index >= 15 is 0 Å². The molecule has 0 heterocycles. The lowest BCUT2D eigenvalue weighted by molar-refractivity contribution is -0.384. The van der Waals surface area contributed by atoms with Gasteiger partial charge in [0.1, 0.15) is 0 Å². The van der Waals surface area contributed by atoms with Crippen LogP contribution in [0.5, 0.6) is 0 Å². The Bertz CT molecular complexity index is 678. The fourth-order valence-corrected chi connectivity index (χ4v) is 2.39. The maximum Gasteiger partial charge on any atom is 0.269 e. The zero-order valence-electron chi connectivity index (χ0n) is 13.3. The fourth-order valence-electron chi connectivity index (χ4n) is 2.39. The molecule has 0 fully saturated rings. The Kier molecular flexibility index (Phi) is 5.46. The Morgan fingerprint density at radius 3 is 2.26 bits per heavy atom. The molecule has 0 saturated heterocycles. The van der Waals surface area contributed by atoms with E-state index in [2.05, 4.69) is 5.32 Å². The molecule has 0 bridgehead atoms. The molecule has 0 aromatic heterocycles. The third-order valence-corrected chi connectivity index (χ3v) is 3.74. The minimum absolute atomic E-state index is 0.0267. The molecule has 0 saturated carbocycles. The lowest BCUT2D eigenvalue weighted by Gasteiger charge is -2.17. The van der Waals surface area contributed by atoms with Crippen LogP contribution in [0.15, 0.2) is 48.5 Å². The minimum Gasteiger partial charge on any atom is -0.349 e. The zero-order valence-corrected chi connectivity index (χ0v) is 13.3. The molecule has 0 spiro atoms. The number of benzene rings is 2. The molecule has 23 heavy (non-hydrogen) atoms. The maximum atomic E-state index is 12.2. The van der Waals surface area contributed by atoms with E-state index in [1.165, 1.54) is 17.7 Å². The molecular weight excluding hydrogens is 292 g/mol. The smallest absolute Gasteiger partial charge is 0.269 e. The molecule has 0 aliphatic rings. The number of rotatable bonds is 6. The van der Waals surface area contributed by atoms with Gasteiger partial charge in [-0.25, -0.2) is 0 Å². The molecule has 2 aromatic carbocycles. The number of nitrogens with one attached hydrogen (secondary N) is 1. The second-order valence-corrected chi connectivity index (χ2v) is 5.54. The van der Waals surface area contributed by atoms with Crippen molar-refractivity contribution in [1.82, 2.24) is 5.32 Å². The average molecular weight is 312 g/mol. The van der Waals surface area contributed by atoms with Gasteiger partial charge in [-0.3, -0.25) is 14.9 Å². The quantitative estimate of drug-likeness (QED) is 0.652. The van der Waals surface area contributed by atoms with Crippen molar-refractivity contribution < 1.29 is 9.72 Å². The van der Waals surface area contributed by atoms with Gasteiger partial charge in [0.25, 0.3) is 5.69 Å². The highest BCUT2D eigenvalue weighted by Crippen LogP contribution is 2.18. The van der Waals surface area contributed by atoms with Crippen LogP contribution in [0.1, 0.15) is 36.1 Å². The van der Waals surface area contributed by atoms with Gasteiger partial charge in [-0.05, 0) is 24.5 Å². The highest BCUT2D eigenvalue weighted by Gasteiger charge is 2.13. The van der Waals surface area contributed by atoms with Crippen molar-refractivity contribution in [2.45, 2.75) is 32.7 Å². The lowest BCUT2D eigenvalue weighted by Crippen LogP contribution is -2.29. The van der Waals surface area contributed by atoms with Crippen LogP contribution in [0.4, 0.5) is 5.69 Å². The molecule has 2 rings (SSSR count). The van der Waals surface area contributed by atoms with Gasteiger partial charge in [0.05, 0.1) is 17.4 Å². The van der Waals surface area contributed by atoms with Crippen molar-refractivity contribution in [3.8, 4) is 0 Å². The molecule has 1 amide bonds. The van der Waals surface area contributed by atoms with E-state index in [0.717, 1.165) is 17.5 Å². The van der Waals surface area contributed by atoms with E-state index in [9.17, 15) is 14.9 Å². The molecule has 120 valence electrons. The van der Waals surface area contributed by atoms with Crippen molar-refractivity contribution in [3.63, 3.8) is 0 Å². The fraction of sp³-hybridized carbons (Fsp3) is 0.278. The number of nitro groups is 1. The third kappa shape index (κ3) is 4.64. The van der Waals surface area contributed by atoms with Crippen LogP contribution in [-0.2, 0) is 11.2 Å². The summed E-state index contributed by atoms with van der Waals surface area (Å²) in [6.07, 6.45) is 1.01. The number of amides is 1. The Labute approximate surface area is 135 Å². The average Bonchev–Trinajstić information content (AvgIpc) is 2.54. The SMILES string of the molecule is CC[C@H](NC(=O)Cc1ccc([N+](=O)[O-])cc1)c1ccc(C)cc1. The van der Waals surface area contributed by atoms with Crippen LogP contribution >= 0.6 is 0 Å². The molecular formula is C18H20N2O3. The first kappa shape index (κ1) is 16.7. The molecule has 1 atom stereocenters. The number of carbonyl (C=O) groups excluding carboxylic acids is 1. The Balaban J connectivity index is 1.99. The van der Waals surface area contributed by atoms with Gasteiger partial charge in [-0.15, -0.1) is 0 Å². The summed E-state index contributed by atoms with van der Waals surface area (Å²) in [5.74, 6) is -0.0914. The molecule has 5 heteroatoms. The number of aryl methyl sites for hydroxylation is 1. The summed E-state index contributed by atoms with van der Waals surface area (Å²) in [5, 5.41) is 13.6. The Morgan fingerprint density at radius 2 is 1.74 bits per heavy atom. The standard InChI is InChI=1S/C18H20N2O3/c1-3-17(15-8-4-13(2)5-9-15)19-18(21)12-14-6-10-16(11-7-14)20(22)23/h4-11,17H,3,12H2,1-2H3,(H,19,21)/t17-/m0/s1. The molecule has 0 aliphatic carbocycles. The van der Waals surface area contributed by atoms with Crippen molar-refractivity contribution >= 4 is 11.6 Å². The van der Waals surface area contributed by atoms with Gasteiger partial charge < -0.3 is 5.32 Å². The summed E-state index contributed by atoms with van der Waals surface area (Å²) in [4.78, 5) is 22.4. The van der Waals surface area contributed by atoms with Crippen LogP contribution in [0, 0.1) is 17.0 Å². The topological polar surface area (TPSA) is 72.2 Å². The van der Waals surface area contributed by atoms with Crippen molar-refractivity contribution in [1.29, 1.82) is 0 Å². The summed E-state index contributed by atoms with van der Waals surface area (Å²) in [6.45, 7) is 4.05. The van der Waals surface area contributed by atoms with Gasteiger partial charge in [0.15, 0.2) is 0 Å². The second-order valence-electron chi connectivity index (χ2n) is 5.54. The van der Waals surface area contributed by atoms with E-state index < -0.39 is 4.92 Å².